The van der Waals surface area contributed by atoms with Gasteiger partial charge in [-0.15, -0.1) is 0 Å². The number of unbranched alkanes of at least 4 members (excludes halogenated alkanes) is 1. The largest absolute Gasteiger partial charge is 0.462 e. The summed E-state index contributed by atoms with van der Waals surface area (Å²) in [6, 6.07) is 9.26. The van der Waals surface area contributed by atoms with Gasteiger partial charge in [0, 0.05) is 0 Å². The first-order valence-electron chi connectivity index (χ1n) is 16.4. The lowest BCUT2D eigenvalue weighted by molar-refractivity contribution is -0.144. The molecule has 2 unspecified atom stereocenters. The number of allylic oxidation sites excluding steroid dienone is 2. The molecule has 0 heterocycles. The van der Waals surface area contributed by atoms with Crippen molar-refractivity contribution in [3.63, 3.8) is 0 Å². The van der Waals surface area contributed by atoms with Crippen molar-refractivity contribution in [2.24, 2.45) is 29.6 Å². The van der Waals surface area contributed by atoms with E-state index in [9.17, 15) is 14.7 Å². The van der Waals surface area contributed by atoms with Crippen LogP contribution < -0.4 is 0 Å². The highest BCUT2D eigenvalue weighted by Crippen LogP contribution is 2.43. The Balaban J connectivity index is 1.48. The molecule has 2 aliphatic rings. The number of esters is 2. The minimum atomic E-state index is -0.603. The minimum Gasteiger partial charge on any atom is -0.462 e. The molecule has 2 aliphatic carbocycles. The zero-order chi connectivity index (χ0) is 31.2. The Kier molecular flexibility index (Phi) is 14.7. The standard InChI is InChI=1S/C37H54O6/c1-26(2)7-5-6-8-29-9-11-30(12-10-29)31-13-15-32(16-14-31)33-17-19-34(20-18-33)35(25-43-37(41)28(4)24-39)21-22-42-36(40)27(3)23-38/h9-13,26,32-35,38-39H,3-8,14-25H2,1-2H3. The summed E-state index contributed by atoms with van der Waals surface area (Å²) in [5, 5.41) is 18.3. The predicted molar refractivity (Wildman–Crippen MR) is 172 cm³/mol. The van der Waals surface area contributed by atoms with E-state index in [1.807, 2.05) is 0 Å². The Morgan fingerprint density at radius 1 is 0.860 bits per heavy atom. The van der Waals surface area contributed by atoms with Crippen molar-refractivity contribution in [3.05, 3.63) is 65.8 Å². The van der Waals surface area contributed by atoms with Crippen molar-refractivity contribution in [1.29, 1.82) is 0 Å². The smallest absolute Gasteiger partial charge is 0.335 e. The Bertz CT molecular complexity index is 1080. The van der Waals surface area contributed by atoms with E-state index in [-0.39, 0.29) is 30.3 Å². The van der Waals surface area contributed by atoms with E-state index >= 15 is 0 Å². The number of carbonyl (C=O) groups is 2. The molecule has 3 rings (SSSR count). The molecule has 2 N–H and O–H groups in total. The number of hydrogen-bond acceptors (Lipinski definition) is 6. The number of hydrogen-bond donors (Lipinski definition) is 2. The van der Waals surface area contributed by atoms with Crippen LogP contribution in [0.1, 0.15) is 95.6 Å². The second kappa shape index (κ2) is 18.2. The lowest BCUT2D eigenvalue weighted by Gasteiger charge is -2.38. The molecule has 0 aliphatic heterocycles. The highest BCUT2D eigenvalue weighted by Gasteiger charge is 2.33. The molecule has 1 saturated carbocycles. The second-order valence-corrected chi connectivity index (χ2v) is 13.1. The molecule has 6 nitrogen and oxygen atoms in total. The summed E-state index contributed by atoms with van der Waals surface area (Å²) >= 11 is 0. The number of aliphatic hydroxyl groups is 2. The fourth-order valence-electron chi connectivity index (χ4n) is 6.67. The topological polar surface area (TPSA) is 93.1 Å². The van der Waals surface area contributed by atoms with Crippen LogP contribution in [-0.2, 0) is 25.5 Å². The van der Waals surface area contributed by atoms with Crippen molar-refractivity contribution in [3.8, 4) is 0 Å². The van der Waals surface area contributed by atoms with Crippen molar-refractivity contribution in [2.45, 2.75) is 90.9 Å². The number of ether oxygens (including phenoxy) is 2. The summed E-state index contributed by atoms with van der Waals surface area (Å²) in [5.41, 5.74) is 4.36. The predicted octanol–water partition coefficient (Wildman–Crippen LogP) is 7.24. The number of carbonyl (C=O) groups excluding carboxylic acids is 2. The third kappa shape index (κ3) is 11.4. The summed E-state index contributed by atoms with van der Waals surface area (Å²) in [6.07, 6.45) is 16.0. The van der Waals surface area contributed by atoms with Gasteiger partial charge in [0.1, 0.15) is 0 Å². The Morgan fingerprint density at radius 3 is 2.09 bits per heavy atom. The van der Waals surface area contributed by atoms with Gasteiger partial charge in [0.05, 0.1) is 37.6 Å². The summed E-state index contributed by atoms with van der Waals surface area (Å²) in [5.74, 6) is 1.41. The van der Waals surface area contributed by atoms with E-state index in [2.05, 4.69) is 57.3 Å². The SMILES string of the molecule is C=C(CO)C(=O)OCCC(COC(=O)C(=C)CO)C1CCC(C2CC=C(c3ccc(CCCCC(C)C)cc3)CC2)CC1. The molecule has 6 heteroatoms. The second-order valence-electron chi connectivity index (χ2n) is 13.1. The fourth-order valence-corrected chi connectivity index (χ4v) is 6.67. The van der Waals surface area contributed by atoms with E-state index in [1.54, 1.807) is 0 Å². The van der Waals surface area contributed by atoms with Gasteiger partial charge in [-0.05, 0) is 110 Å². The molecule has 0 bridgehead atoms. The van der Waals surface area contributed by atoms with E-state index in [1.165, 1.54) is 48.8 Å². The van der Waals surface area contributed by atoms with Crippen LogP contribution in [0.2, 0.25) is 0 Å². The van der Waals surface area contributed by atoms with Gasteiger partial charge in [0.15, 0.2) is 0 Å². The molecule has 43 heavy (non-hydrogen) atoms. The highest BCUT2D eigenvalue weighted by atomic mass is 16.5. The van der Waals surface area contributed by atoms with Gasteiger partial charge in [0.2, 0.25) is 0 Å². The summed E-state index contributed by atoms with van der Waals surface area (Å²) in [6.45, 7) is 11.2. The lowest BCUT2D eigenvalue weighted by Crippen LogP contribution is -2.30. The van der Waals surface area contributed by atoms with Gasteiger partial charge < -0.3 is 19.7 Å². The third-order valence-electron chi connectivity index (χ3n) is 9.53. The van der Waals surface area contributed by atoms with E-state index in [0.29, 0.717) is 24.2 Å². The number of aryl methyl sites for hydroxylation is 1. The van der Waals surface area contributed by atoms with Gasteiger partial charge in [-0.1, -0.05) is 70.2 Å². The zero-order valence-corrected chi connectivity index (χ0v) is 26.5. The number of aliphatic hydroxyl groups excluding tert-OH is 2. The quantitative estimate of drug-likeness (QED) is 0.112. The van der Waals surface area contributed by atoms with Crippen LogP contribution in [0.15, 0.2) is 54.6 Å². The molecule has 1 aromatic carbocycles. The van der Waals surface area contributed by atoms with Crippen molar-refractivity contribution in [2.75, 3.05) is 26.4 Å². The van der Waals surface area contributed by atoms with Crippen molar-refractivity contribution < 1.29 is 29.3 Å². The van der Waals surface area contributed by atoms with Crippen LogP contribution in [0, 0.1) is 29.6 Å². The van der Waals surface area contributed by atoms with Crippen molar-refractivity contribution in [1.82, 2.24) is 0 Å². The first-order valence-corrected chi connectivity index (χ1v) is 16.4. The van der Waals surface area contributed by atoms with Gasteiger partial charge in [-0.25, -0.2) is 9.59 Å². The van der Waals surface area contributed by atoms with Crippen molar-refractivity contribution >= 4 is 17.5 Å². The maximum absolute atomic E-state index is 12.1. The van der Waals surface area contributed by atoms with E-state index < -0.39 is 25.2 Å². The monoisotopic (exact) mass is 594 g/mol. The van der Waals surface area contributed by atoms with Gasteiger partial charge in [-0.3, -0.25) is 0 Å². The van der Waals surface area contributed by atoms with Gasteiger partial charge >= 0.3 is 11.9 Å². The van der Waals surface area contributed by atoms with Gasteiger partial charge in [-0.2, -0.15) is 0 Å². The molecular weight excluding hydrogens is 540 g/mol. The maximum atomic E-state index is 12.1. The molecular formula is C37H54O6. The van der Waals surface area contributed by atoms with Gasteiger partial charge in [0.25, 0.3) is 0 Å². The first kappa shape index (κ1) is 34.8. The number of benzene rings is 1. The normalized spacial score (nSPS) is 21.1. The Hall–Kier alpha value is -2.70. The van der Waals surface area contributed by atoms with E-state index in [4.69, 9.17) is 14.6 Å². The first-order chi connectivity index (χ1) is 20.7. The van der Waals surface area contributed by atoms with Crippen LogP contribution in [-0.4, -0.2) is 48.6 Å². The molecule has 2 atom stereocenters. The summed E-state index contributed by atoms with van der Waals surface area (Å²) in [7, 11) is 0. The summed E-state index contributed by atoms with van der Waals surface area (Å²) < 4.78 is 10.8. The third-order valence-corrected chi connectivity index (χ3v) is 9.53. The number of rotatable bonds is 17. The van der Waals surface area contributed by atoms with E-state index in [0.717, 1.165) is 44.4 Å². The minimum absolute atomic E-state index is 0.0250. The highest BCUT2D eigenvalue weighted by molar-refractivity contribution is 5.88. The molecule has 0 saturated heterocycles. The average Bonchev–Trinajstić information content (AvgIpc) is 3.04. The Morgan fingerprint density at radius 2 is 1.51 bits per heavy atom. The van der Waals surface area contributed by atoms with Crippen LogP contribution in [0.3, 0.4) is 0 Å². The lowest BCUT2D eigenvalue weighted by atomic mass is 9.68. The van der Waals surface area contributed by atoms with Crippen LogP contribution in [0.25, 0.3) is 5.57 Å². The molecule has 0 amide bonds. The fraction of sp³-hybridized carbons (Fsp3) is 0.622. The molecule has 1 fully saturated rings. The zero-order valence-electron chi connectivity index (χ0n) is 26.5. The summed E-state index contributed by atoms with van der Waals surface area (Å²) in [4.78, 5) is 24.1. The van der Waals surface area contributed by atoms with Crippen LogP contribution in [0.5, 0.6) is 0 Å². The molecule has 238 valence electrons. The maximum Gasteiger partial charge on any atom is 0.335 e. The average molecular weight is 595 g/mol. The molecule has 0 radical (unpaired) electrons. The molecule has 0 aromatic heterocycles. The van der Waals surface area contributed by atoms with Crippen LogP contribution >= 0.6 is 0 Å². The molecule has 1 aromatic rings. The van der Waals surface area contributed by atoms with Crippen LogP contribution in [0.4, 0.5) is 0 Å². The molecule has 0 spiro atoms. The Labute approximate surface area is 259 Å².